The number of fused-ring (bicyclic) bond motifs is 1. The molecule has 0 saturated carbocycles. The Kier molecular flexibility index (Phi) is 5.73. The molecule has 0 fully saturated rings. The van der Waals surface area contributed by atoms with E-state index in [1.165, 1.54) is 6.07 Å². The third-order valence-corrected chi connectivity index (χ3v) is 4.88. The summed E-state index contributed by atoms with van der Waals surface area (Å²) in [7, 11) is 0. The van der Waals surface area contributed by atoms with Crippen LogP contribution in [0.1, 0.15) is 29.2 Å². The number of carbonyl (C=O) groups excluding carboxylic acids is 2. The maximum atomic E-state index is 11.9. The molecule has 29 heavy (non-hydrogen) atoms. The summed E-state index contributed by atoms with van der Waals surface area (Å²) in [5.74, 6) is -2.44. The molecule has 3 aromatic rings. The van der Waals surface area contributed by atoms with E-state index < -0.39 is 17.5 Å². The molecule has 0 atom stereocenters. The molecule has 0 amide bonds. The van der Waals surface area contributed by atoms with Gasteiger partial charge in [-0.05, 0) is 49.6 Å². The summed E-state index contributed by atoms with van der Waals surface area (Å²) in [6, 6.07) is 11.1. The van der Waals surface area contributed by atoms with E-state index in [1.54, 1.807) is 19.2 Å². The number of aromatic hydroxyl groups is 1. The van der Waals surface area contributed by atoms with Gasteiger partial charge in [-0.3, -0.25) is 4.79 Å². The average Bonchev–Trinajstić information content (AvgIpc) is 3.05. The van der Waals surface area contributed by atoms with E-state index in [2.05, 4.69) is 4.74 Å². The lowest BCUT2D eigenvalue weighted by Crippen LogP contribution is -2.15. The number of hydrogen-bond acceptors (Lipinski definition) is 5. The molecule has 6 nitrogen and oxygen atoms in total. The SMILES string of the molecule is CCOC(=O)C(=O)/C=C(\O)c1cn(Cc2c(C)cccc2C)c2cccc(O)c12. The molecule has 1 aromatic heterocycles. The number of phenols is 1. The summed E-state index contributed by atoms with van der Waals surface area (Å²) in [4.78, 5) is 23.5. The van der Waals surface area contributed by atoms with E-state index in [-0.39, 0.29) is 17.9 Å². The Labute approximate surface area is 168 Å². The van der Waals surface area contributed by atoms with Gasteiger partial charge in [0.1, 0.15) is 11.5 Å². The highest BCUT2D eigenvalue weighted by atomic mass is 16.5. The Bertz CT molecular complexity index is 1100. The van der Waals surface area contributed by atoms with E-state index in [9.17, 15) is 19.8 Å². The molecular weight excluding hydrogens is 370 g/mol. The topological polar surface area (TPSA) is 88.8 Å². The van der Waals surface area contributed by atoms with Crippen LogP contribution in [0.4, 0.5) is 0 Å². The van der Waals surface area contributed by atoms with Crippen LogP contribution < -0.4 is 0 Å². The first-order valence-electron chi connectivity index (χ1n) is 9.31. The number of phenolic OH excluding ortho intramolecular Hbond substituents is 1. The van der Waals surface area contributed by atoms with Crippen molar-refractivity contribution < 1.29 is 24.5 Å². The molecule has 0 aliphatic rings. The number of benzene rings is 2. The third-order valence-electron chi connectivity index (χ3n) is 4.88. The highest BCUT2D eigenvalue weighted by Gasteiger charge is 2.19. The molecule has 150 valence electrons. The number of aromatic nitrogens is 1. The van der Waals surface area contributed by atoms with Crippen LogP contribution in [0.3, 0.4) is 0 Å². The highest BCUT2D eigenvalue weighted by Crippen LogP contribution is 2.34. The molecule has 3 rings (SSSR count). The smallest absolute Gasteiger partial charge is 0.379 e. The van der Waals surface area contributed by atoms with Crippen LogP contribution in [0, 0.1) is 13.8 Å². The summed E-state index contributed by atoms with van der Waals surface area (Å²) in [5.41, 5.74) is 4.36. The van der Waals surface area contributed by atoms with E-state index in [0.29, 0.717) is 17.4 Å². The summed E-state index contributed by atoms with van der Waals surface area (Å²) in [6.07, 6.45) is 2.49. The first-order chi connectivity index (χ1) is 13.8. The predicted molar refractivity (Wildman–Crippen MR) is 111 cm³/mol. The second-order valence-electron chi connectivity index (χ2n) is 6.83. The van der Waals surface area contributed by atoms with Crippen molar-refractivity contribution in [2.45, 2.75) is 27.3 Å². The van der Waals surface area contributed by atoms with Crippen LogP contribution in [-0.4, -0.2) is 33.1 Å². The zero-order chi connectivity index (χ0) is 21.1. The van der Waals surface area contributed by atoms with Gasteiger partial charge in [0.15, 0.2) is 0 Å². The molecule has 0 radical (unpaired) electrons. The Morgan fingerprint density at radius 2 is 1.76 bits per heavy atom. The van der Waals surface area contributed by atoms with Crippen molar-refractivity contribution in [3.05, 3.63) is 70.9 Å². The molecule has 0 saturated heterocycles. The Morgan fingerprint density at radius 1 is 1.10 bits per heavy atom. The number of rotatable bonds is 6. The van der Waals surface area contributed by atoms with Gasteiger partial charge in [0.05, 0.1) is 17.5 Å². The Balaban J connectivity index is 2.10. The fourth-order valence-electron chi connectivity index (χ4n) is 3.39. The lowest BCUT2D eigenvalue weighted by atomic mass is 10.0. The van der Waals surface area contributed by atoms with Crippen molar-refractivity contribution in [1.82, 2.24) is 4.57 Å². The van der Waals surface area contributed by atoms with E-state index in [4.69, 9.17) is 0 Å². The fourth-order valence-corrected chi connectivity index (χ4v) is 3.39. The van der Waals surface area contributed by atoms with Gasteiger partial charge in [-0.25, -0.2) is 4.79 Å². The number of hydrogen-bond donors (Lipinski definition) is 2. The lowest BCUT2D eigenvalue weighted by molar-refractivity contribution is -0.151. The van der Waals surface area contributed by atoms with Crippen LogP contribution in [0.15, 0.2) is 48.7 Å². The van der Waals surface area contributed by atoms with E-state index >= 15 is 0 Å². The first-order valence-corrected chi connectivity index (χ1v) is 9.31. The Morgan fingerprint density at radius 3 is 2.41 bits per heavy atom. The number of aliphatic hydroxyl groups is 1. The van der Waals surface area contributed by atoms with Gasteiger partial charge < -0.3 is 19.5 Å². The number of nitrogens with zero attached hydrogens (tertiary/aromatic N) is 1. The molecule has 6 heteroatoms. The monoisotopic (exact) mass is 393 g/mol. The average molecular weight is 393 g/mol. The second-order valence-corrected chi connectivity index (χ2v) is 6.83. The van der Waals surface area contributed by atoms with Gasteiger partial charge in [0, 0.05) is 24.4 Å². The van der Waals surface area contributed by atoms with Crippen LogP contribution in [0.2, 0.25) is 0 Å². The van der Waals surface area contributed by atoms with Gasteiger partial charge in [-0.15, -0.1) is 0 Å². The first kappa shape index (κ1) is 20.2. The standard InChI is InChI=1S/C23H23NO5/c1-4-29-23(28)21(27)11-20(26)17-13-24(18-9-6-10-19(25)22(17)18)12-16-14(2)7-5-8-15(16)3/h5-11,13,25-26H,4,12H2,1-3H3/b20-11-. The van der Waals surface area contributed by atoms with E-state index in [1.807, 2.05) is 42.7 Å². The molecule has 0 bridgehead atoms. The van der Waals surface area contributed by atoms with Crippen molar-refractivity contribution in [2.75, 3.05) is 6.61 Å². The summed E-state index contributed by atoms with van der Waals surface area (Å²) >= 11 is 0. The van der Waals surface area contributed by atoms with Crippen LogP contribution >= 0.6 is 0 Å². The summed E-state index contributed by atoms with van der Waals surface area (Å²) < 4.78 is 6.56. The molecule has 2 aromatic carbocycles. The van der Waals surface area contributed by atoms with Gasteiger partial charge in [0.25, 0.3) is 5.78 Å². The van der Waals surface area contributed by atoms with Crippen LogP contribution in [0.5, 0.6) is 5.75 Å². The van der Waals surface area contributed by atoms with Crippen molar-refractivity contribution in [3.63, 3.8) is 0 Å². The molecule has 2 N–H and O–H groups in total. The minimum atomic E-state index is -1.04. The van der Waals surface area contributed by atoms with Gasteiger partial charge in [-0.2, -0.15) is 0 Å². The minimum absolute atomic E-state index is 0.0266. The number of aliphatic hydroxyl groups excluding tert-OH is 1. The Hall–Kier alpha value is -3.54. The largest absolute Gasteiger partial charge is 0.507 e. The number of aryl methyl sites for hydroxylation is 2. The quantitative estimate of drug-likeness (QED) is 0.286. The second kappa shape index (κ2) is 8.22. The summed E-state index contributed by atoms with van der Waals surface area (Å²) in [5, 5.41) is 21.3. The molecule has 1 heterocycles. The molecule has 0 spiro atoms. The minimum Gasteiger partial charge on any atom is -0.507 e. The van der Waals surface area contributed by atoms with E-state index in [0.717, 1.165) is 22.8 Å². The van der Waals surface area contributed by atoms with Crippen molar-refractivity contribution in [1.29, 1.82) is 0 Å². The maximum Gasteiger partial charge on any atom is 0.379 e. The van der Waals surface area contributed by atoms with Crippen molar-refractivity contribution in [3.8, 4) is 5.75 Å². The number of ketones is 1. The van der Waals surface area contributed by atoms with Gasteiger partial charge in [-0.1, -0.05) is 24.3 Å². The number of esters is 1. The third kappa shape index (κ3) is 4.01. The molecule has 0 aliphatic heterocycles. The molecule has 0 aliphatic carbocycles. The predicted octanol–water partition coefficient (Wildman–Crippen LogP) is 4.04. The fraction of sp³-hybridized carbons (Fsp3) is 0.217. The van der Waals surface area contributed by atoms with Crippen LogP contribution in [0.25, 0.3) is 16.7 Å². The van der Waals surface area contributed by atoms with Crippen molar-refractivity contribution >= 4 is 28.4 Å². The maximum absolute atomic E-state index is 11.9. The zero-order valence-electron chi connectivity index (χ0n) is 16.6. The van der Waals surface area contributed by atoms with Crippen molar-refractivity contribution in [2.24, 2.45) is 0 Å². The van der Waals surface area contributed by atoms with Gasteiger partial charge in [0.2, 0.25) is 0 Å². The molecular formula is C23H23NO5. The highest BCUT2D eigenvalue weighted by molar-refractivity contribution is 6.39. The lowest BCUT2D eigenvalue weighted by Gasteiger charge is -2.12. The number of carbonyl (C=O) groups is 2. The zero-order valence-corrected chi connectivity index (χ0v) is 16.6. The number of ether oxygens (including phenoxy) is 1. The van der Waals surface area contributed by atoms with Crippen LogP contribution in [-0.2, 0) is 20.9 Å². The molecule has 0 unspecified atom stereocenters. The van der Waals surface area contributed by atoms with Gasteiger partial charge >= 0.3 is 5.97 Å². The summed E-state index contributed by atoms with van der Waals surface area (Å²) in [6.45, 7) is 6.24. The normalized spacial score (nSPS) is 11.6.